The zero-order chi connectivity index (χ0) is 30.1. The number of likely N-dealkylation sites (tertiary alicyclic amines) is 1. The summed E-state index contributed by atoms with van der Waals surface area (Å²) in [6.45, 7) is 13.9. The number of aromatic nitrogens is 1. The molecular formula is C30H43IN5O3S-. The molecule has 1 unspecified atom stereocenters. The molecule has 0 bridgehead atoms. The molecular weight excluding hydrogens is 637 g/mol. The number of carbonyl (C=O) groups excluding carboxylic acids is 3. The van der Waals surface area contributed by atoms with Gasteiger partial charge in [-0.25, -0.2) is 4.98 Å². The summed E-state index contributed by atoms with van der Waals surface area (Å²) in [5.41, 5.74) is 10.4. The van der Waals surface area contributed by atoms with Gasteiger partial charge in [-0.1, -0.05) is 0 Å². The average Bonchev–Trinajstić information content (AvgIpc) is 3.31. The SMILES string of the molecule is CN.Cc1ncsc1-c1ccc(CNC(=O)C2CCCN2C(=O)[I-]C(C)(C)C)c(C(C)C)c1.N#CC1(C=O)CC1. The normalized spacial score (nSPS) is 17.2. The maximum absolute atomic E-state index is 13.0. The molecule has 10 heteroatoms. The number of aryl methyl sites for hydroxylation is 1. The molecule has 40 heavy (non-hydrogen) atoms. The number of benzene rings is 1. The molecule has 2 amide bonds. The van der Waals surface area contributed by atoms with Gasteiger partial charge in [-0.2, -0.15) is 5.26 Å². The standard InChI is InChI=1S/C24H33IN3O2S.C5H5NO.CH5N/c1-15(2)19-12-17(21-16(3)27-14-31-21)9-10-18(19)13-26-22(29)20-8-7-11-28(20)23(30)25-24(4,5)6;6-3-5(4-7)1-2-5;1-2/h9-10,12,14-15,20H,7-8,11,13H2,1-6H3,(H,26,29);4H,1-2H2;2H2,1H3/q-1;;. The third-order valence-corrected chi connectivity index (χ3v) is 10.3. The average molecular weight is 681 g/mol. The molecule has 1 aromatic heterocycles. The van der Waals surface area contributed by atoms with Gasteiger partial charge in [0.25, 0.3) is 0 Å². The van der Waals surface area contributed by atoms with Crippen LogP contribution in [0.1, 0.15) is 83.0 Å². The summed E-state index contributed by atoms with van der Waals surface area (Å²) in [5, 5.41) is 11.3. The van der Waals surface area contributed by atoms with Crippen molar-refractivity contribution < 1.29 is 35.6 Å². The molecule has 8 nitrogen and oxygen atoms in total. The van der Waals surface area contributed by atoms with Crippen molar-refractivity contribution in [2.24, 2.45) is 11.1 Å². The van der Waals surface area contributed by atoms with E-state index in [2.05, 4.69) is 68.9 Å². The van der Waals surface area contributed by atoms with Crippen molar-refractivity contribution in [3.63, 3.8) is 0 Å². The van der Waals surface area contributed by atoms with Gasteiger partial charge >= 0.3 is 184 Å². The summed E-state index contributed by atoms with van der Waals surface area (Å²) in [7, 11) is 1.50. The molecule has 3 N–H and O–H groups in total. The number of nitriles is 1. The number of rotatable bonds is 7. The Kier molecular flexibility index (Phi) is 12.7. The van der Waals surface area contributed by atoms with E-state index in [9.17, 15) is 14.4 Å². The van der Waals surface area contributed by atoms with Crippen LogP contribution < -0.4 is 32.3 Å². The molecule has 0 spiro atoms. The summed E-state index contributed by atoms with van der Waals surface area (Å²) in [4.78, 5) is 43.0. The van der Waals surface area contributed by atoms with Crippen LogP contribution in [0.4, 0.5) is 4.79 Å². The number of alkyl halides is 1. The summed E-state index contributed by atoms with van der Waals surface area (Å²) in [6, 6.07) is 8.07. The smallest absolute Gasteiger partial charge is 0.140 e. The van der Waals surface area contributed by atoms with Gasteiger partial charge in [-0.15, -0.1) is 0 Å². The third-order valence-electron chi connectivity index (χ3n) is 6.61. The number of amides is 2. The topological polar surface area (TPSA) is 129 Å². The van der Waals surface area contributed by atoms with Gasteiger partial charge in [0.05, 0.1) is 11.6 Å². The van der Waals surface area contributed by atoms with Gasteiger partial charge in [0.1, 0.15) is 11.7 Å². The van der Waals surface area contributed by atoms with Gasteiger partial charge in [-0.3, -0.25) is 0 Å². The number of aldehydes is 1. The molecule has 2 aromatic rings. The Morgan fingerprint density at radius 3 is 2.48 bits per heavy atom. The maximum atomic E-state index is 13.0. The minimum atomic E-state index is -0.638. The number of hydrogen-bond acceptors (Lipinski definition) is 7. The van der Waals surface area contributed by atoms with Crippen LogP contribution in [0.3, 0.4) is 0 Å². The number of hydrogen-bond donors (Lipinski definition) is 2. The zero-order valence-electron chi connectivity index (χ0n) is 24.7. The summed E-state index contributed by atoms with van der Waals surface area (Å²) in [6.07, 6.45) is 3.94. The fraction of sp³-hybridized carbons (Fsp3) is 0.567. The Balaban J connectivity index is 0.000000534. The number of nitrogens with zero attached hydrogens (tertiary/aromatic N) is 3. The van der Waals surface area contributed by atoms with Crippen molar-refractivity contribution in [2.75, 3.05) is 13.6 Å². The van der Waals surface area contributed by atoms with Crippen molar-refractivity contribution in [3.8, 4) is 16.5 Å². The van der Waals surface area contributed by atoms with E-state index in [1.807, 2.05) is 23.4 Å². The van der Waals surface area contributed by atoms with Crippen LogP contribution >= 0.6 is 11.3 Å². The Morgan fingerprint density at radius 1 is 1.32 bits per heavy atom. The molecule has 1 saturated carbocycles. The van der Waals surface area contributed by atoms with Crippen LogP contribution in [-0.2, 0) is 16.1 Å². The summed E-state index contributed by atoms with van der Waals surface area (Å²) >= 11 is 1.02. The van der Waals surface area contributed by atoms with E-state index in [1.54, 1.807) is 11.3 Å². The number of nitrogens with one attached hydrogen (secondary N) is 1. The van der Waals surface area contributed by atoms with Crippen molar-refractivity contribution >= 4 is 27.4 Å². The third kappa shape index (κ3) is 9.35. The molecule has 1 atom stereocenters. The molecule has 2 heterocycles. The fourth-order valence-corrected chi connectivity index (χ4v) is 7.32. The quantitative estimate of drug-likeness (QED) is 0.152. The van der Waals surface area contributed by atoms with Gasteiger partial charge in [-0.05, 0) is 26.8 Å². The largest absolute Gasteiger partial charge is 0.302 e. The summed E-state index contributed by atoms with van der Waals surface area (Å²) in [5.74, 6) is 0.321. The van der Waals surface area contributed by atoms with E-state index >= 15 is 0 Å². The van der Waals surface area contributed by atoms with E-state index in [0.717, 1.165) is 43.2 Å². The van der Waals surface area contributed by atoms with E-state index in [-0.39, 0.29) is 19.3 Å². The number of carbonyl (C=O) groups is 3. The Labute approximate surface area is 253 Å². The molecule has 1 aliphatic heterocycles. The first-order valence-electron chi connectivity index (χ1n) is 13.6. The number of halogens is 1. The van der Waals surface area contributed by atoms with Gasteiger partial charge in [0.2, 0.25) is 0 Å². The molecule has 2 fully saturated rings. The van der Waals surface area contributed by atoms with Gasteiger partial charge in [0, 0.05) is 0 Å². The van der Waals surface area contributed by atoms with Crippen LogP contribution in [0.25, 0.3) is 10.4 Å². The predicted molar refractivity (Wildman–Crippen MR) is 157 cm³/mol. The number of thiazole rings is 1. The van der Waals surface area contributed by atoms with Crippen LogP contribution in [0.5, 0.6) is 0 Å². The molecule has 1 aromatic carbocycles. The number of nitrogens with two attached hydrogens (primary N) is 1. The fourth-order valence-electron chi connectivity index (χ4n) is 4.25. The van der Waals surface area contributed by atoms with Gasteiger partial charge in [0.15, 0.2) is 0 Å². The van der Waals surface area contributed by atoms with Crippen molar-refractivity contribution in [2.45, 2.75) is 89.2 Å². The van der Waals surface area contributed by atoms with Crippen molar-refractivity contribution in [3.05, 3.63) is 40.5 Å². The Morgan fingerprint density at radius 2 is 2.00 bits per heavy atom. The van der Waals surface area contributed by atoms with E-state index in [0.29, 0.717) is 19.0 Å². The van der Waals surface area contributed by atoms with Crippen LogP contribution in [0, 0.1) is 23.7 Å². The minimum Gasteiger partial charge on any atom is -0.302 e. The molecule has 2 aliphatic rings. The first kappa shape index (κ1) is 33.8. The summed E-state index contributed by atoms with van der Waals surface area (Å²) < 4.78 is 0.223. The zero-order valence-corrected chi connectivity index (χ0v) is 27.7. The van der Waals surface area contributed by atoms with Crippen molar-refractivity contribution in [1.29, 1.82) is 5.26 Å². The molecule has 0 radical (unpaired) electrons. The first-order chi connectivity index (χ1) is 18.9. The van der Waals surface area contributed by atoms with Crippen LogP contribution in [0.2, 0.25) is 0 Å². The Hall–Kier alpha value is -2.36. The second kappa shape index (κ2) is 15.0. The monoisotopic (exact) mass is 680 g/mol. The van der Waals surface area contributed by atoms with E-state index in [1.165, 1.54) is 23.1 Å². The maximum Gasteiger partial charge on any atom is 0.140 e. The second-order valence-electron chi connectivity index (χ2n) is 11.2. The molecule has 1 aliphatic carbocycles. The van der Waals surface area contributed by atoms with Crippen molar-refractivity contribution in [1.82, 2.24) is 15.2 Å². The van der Waals surface area contributed by atoms with Crippen LogP contribution in [-0.4, -0.2) is 49.0 Å². The molecule has 1 saturated heterocycles. The first-order valence-corrected chi connectivity index (χ1v) is 16.7. The Bertz CT molecular complexity index is 1210. The second-order valence-corrected chi connectivity index (χ2v) is 16.8. The molecule has 220 valence electrons. The van der Waals surface area contributed by atoms with Crippen LogP contribution in [0.15, 0.2) is 23.7 Å². The molecule has 4 rings (SSSR count). The predicted octanol–water partition coefficient (Wildman–Crippen LogP) is 2.39. The van der Waals surface area contributed by atoms with E-state index in [4.69, 9.17) is 5.26 Å². The minimum absolute atomic E-state index is 0.0270. The van der Waals surface area contributed by atoms with E-state index < -0.39 is 26.6 Å². The van der Waals surface area contributed by atoms with Gasteiger partial charge < -0.3 is 10.5 Å².